The van der Waals surface area contributed by atoms with Gasteiger partial charge in [0, 0.05) is 12.4 Å². The third-order valence-electron chi connectivity index (χ3n) is 4.16. The average Bonchev–Trinajstić information content (AvgIpc) is 2.66. The van der Waals surface area contributed by atoms with Crippen LogP contribution < -0.4 is 5.56 Å². The van der Waals surface area contributed by atoms with Crippen LogP contribution in [0.25, 0.3) is 17.1 Å². The fourth-order valence-electron chi connectivity index (χ4n) is 2.88. The molecule has 140 valence electrons. The zero-order valence-electron chi connectivity index (χ0n) is 14.1. The summed E-state index contributed by atoms with van der Waals surface area (Å²) < 4.78 is 16.4. The fraction of sp³-hybridized carbons (Fsp3) is 0.0526. The van der Waals surface area contributed by atoms with E-state index in [1.54, 1.807) is 35.2 Å². The molecule has 2 aliphatic heterocycles. The molecule has 1 aromatic carbocycles. The number of aromatic nitrogens is 4. The Morgan fingerprint density at radius 3 is 2.68 bits per heavy atom. The molecule has 0 spiro atoms. The topological polar surface area (TPSA) is 52.7 Å². The molecule has 0 saturated heterocycles. The summed E-state index contributed by atoms with van der Waals surface area (Å²) in [6, 6.07) is 10.7. The van der Waals surface area contributed by atoms with Gasteiger partial charge in [0.25, 0.3) is 5.56 Å². The Labute approximate surface area is 174 Å². The highest BCUT2D eigenvalue weighted by molar-refractivity contribution is 7.71. The van der Waals surface area contributed by atoms with Crippen molar-refractivity contribution in [2.75, 3.05) is 0 Å². The molecule has 2 aromatic rings. The highest BCUT2D eigenvalue weighted by atomic mass is 35.5. The number of hydrogen-bond acceptors (Lipinski definition) is 4. The van der Waals surface area contributed by atoms with Crippen LogP contribution in [0.4, 0.5) is 4.39 Å². The third-order valence-corrected chi connectivity index (χ3v) is 4.96. The van der Waals surface area contributed by atoms with Crippen LogP contribution in [0.3, 0.4) is 0 Å². The molecule has 4 rings (SSSR count). The van der Waals surface area contributed by atoms with Crippen molar-refractivity contribution in [2.45, 2.75) is 6.54 Å². The summed E-state index contributed by atoms with van der Waals surface area (Å²) in [6.45, 7) is 0.435. The molecule has 0 aliphatic carbocycles. The van der Waals surface area contributed by atoms with Gasteiger partial charge in [-0.05, 0) is 54.2 Å². The molecule has 0 saturated carbocycles. The largest absolute Gasteiger partial charge is 0.328 e. The Morgan fingerprint density at radius 1 is 1.14 bits per heavy atom. The van der Waals surface area contributed by atoms with E-state index in [1.807, 2.05) is 6.07 Å². The molecule has 0 N–H and O–H groups in total. The number of nitrogens with zero attached hydrogens (tertiary/aromatic N) is 4. The molecule has 2 aliphatic rings. The molecular formula is C19H11Cl2FN4OS. The van der Waals surface area contributed by atoms with Gasteiger partial charge in [-0.15, -0.1) is 0 Å². The van der Waals surface area contributed by atoms with Crippen LogP contribution >= 0.6 is 35.4 Å². The van der Waals surface area contributed by atoms with Gasteiger partial charge in [0.1, 0.15) is 16.8 Å². The summed E-state index contributed by atoms with van der Waals surface area (Å²) in [5.41, 5.74) is 1.15. The lowest BCUT2D eigenvalue weighted by Gasteiger charge is -2.16. The molecule has 0 radical (unpaired) electrons. The second-order valence-electron chi connectivity index (χ2n) is 5.99. The second-order valence-corrected chi connectivity index (χ2v) is 7.15. The summed E-state index contributed by atoms with van der Waals surface area (Å²) in [5, 5.41) is 0.474. The number of halogens is 3. The summed E-state index contributed by atoms with van der Waals surface area (Å²) in [6.07, 6.45) is 3.45. The van der Waals surface area contributed by atoms with Crippen molar-refractivity contribution in [3.8, 4) is 17.1 Å². The zero-order valence-corrected chi connectivity index (χ0v) is 16.5. The molecule has 0 fully saturated rings. The van der Waals surface area contributed by atoms with Crippen LogP contribution in [0, 0.1) is 10.6 Å². The lowest BCUT2D eigenvalue weighted by Crippen LogP contribution is -2.25. The van der Waals surface area contributed by atoms with Gasteiger partial charge < -0.3 is 4.57 Å². The monoisotopic (exact) mass is 432 g/mol. The number of pyridine rings is 2. The molecule has 0 amide bonds. The summed E-state index contributed by atoms with van der Waals surface area (Å²) >= 11 is 17.3. The summed E-state index contributed by atoms with van der Waals surface area (Å²) in [4.78, 5) is 21.6. The van der Waals surface area contributed by atoms with Crippen molar-refractivity contribution in [1.82, 2.24) is 19.1 Å². The van der Waals surface area contributed by atoms with Crippen LogP contribution in [-0.2, 0) is 6.54 Å². The quantitative estimate of drug-likeness (QED) is 0.346. The van der Waals surface area contributed by atoms with Gasteiger partial charge in [-0.2, -0.15) is 0 Å². The van der Waals surface area contributed by atoms with Gasteiger partial charge in [0.2, 0.25) is 4.77 Å². The van der Waals surface area contributed by atoms with Gasteiger partial charge in [-0.1, -0.05) is 29.3 Å². The molecule has 3 heterocycles. The summed E-state index contributed by atoms with van der Waals surface area (Å²) in [7, 11) is 0. The molecule has 5 nitrogen and oxygen atoms in total. The van der Waals surface area contributed by atoms with E-state index in [-0.39, 0.29) is 21.0 Å². The van der Waals surface area contributed by atoms with Crippen molar-refractivity contribution >= 4 is 35.4 Å². The molecule has 0 atom stereocenters. The maximum Gasteiger partial charge on any atom is 0.268 e. The van der Waals surface area contributed by atoms with Crippen molar-refractivity contribution in [3.63, 3.8) is 0 Å². The highest BCUT2D eigenvalue weighted by Crippen LogP contribution is 2.23. The molecule has 9 heteroatoms. The van der Waals surface area contributed by atoms with Crippen LogP contribution in [0.1, 0.15) is 5.56 Å². The number of rotatable bonds is 3. The molecule has 1 aromatic heterocycles. The molecule has 0 unspecified atom stereocenters. The number of hydrogen-bond donors (Lipinski definition) is 0. The zero-order chi connectivity index (χ0) is 19.8. The first kappa shape index (κ1) is 18.7. The van der Waals surface area contributed by atoms with Crippen molar-refractivity contribution in [1.29, 1.82) is 0 Å². The van der Waals surface area contributed by atoms with Gasteiger partial charge in [-0.25, -0.2) is 18.9 Å². The second kappa shape index (κ2) is 7.43. The third kappa shape index (κ3) is 3.44. The molecular weight excluding hydrogens is 422 g/mol. The first-order valence-corrected chi connectivity index (χ1v) is 9.28. The van der Waals surface area contributed by atoms with E-state index in [9.17, 15) is 9.18 Å². The van der Waals surface area contributed by atoms with E-state index in [4.69, 9.17) is 35.4 Å². The maximum absolute atomic E-state index is 13.4. The van der Waals surface area contributed by atoms with E-state index < -0.39 is 5.82 Å². The Balaban J connectivity index is 1.88. The highest BCUT2D eigenvalue weighted by Gasteiger charge is 2.18. The smallest absolute Gasteiger partial charge is 0.268 e. The number of benzene rings is 1. The molecule has 28 heavy (non-hydrogen) atoms. The Kier molecular flexibility index (Phi) is 4.97. The maximum atomic E-state index is 13.4. The lowest BCUT2D eigenvalue weighted by molar-refractivity contribution is 0.627. The van der Waals surface area contributed by atoms with E-state index in [0.717, 1.165) is 11.6 Å². The fourth-order valence-corrected chi connectivity index (χ4v) is 3.51. The van der Waals surface area contributed by atoms with E-state index in [1.165, 1.54) is 16.7 Å². The minimum absolute atomic E-state index is 0.0280. The minimum Gasteiger partial charge on any atom is -0.328 e. The first-order chi connectivity index (χ1) is 13.4. The normalized spacial score (nSPS) is 11.1. The number of fused-ring (bicyclic) bond motifs is 1. The van der Waals surface area contributed by atoms with E-state index in [0.29, 0.717) is 23.1 Å². The van der Waals surface area contributed by atoms with E-state index >= 15 is 0 Å². The van der Waals surface area contributed by atoms with Crippen molar-refractivity contribution in [3.05, 3.63) is 91.5 Å². The Morgan fingerprint density at radius 2 is 1.96 bits per heavy atom. The standard InChI is InChI=1S/C19H11Cl2FN4OS/c20-14-8-12(22)4-5-15(14)26-18(27)13-2-1-7-25(17(13)24-19(26)28)10-11-3-6-16(21)23-9-11/h1-9H,10H2. The van der Waals surface area contributed by atoms with Gasteiger partial charge in [0.05, 0.1) is 22.8 Å². The van der Waals surface area contributed by atoms with Crippen LogP contribution in [-0.4, -0.2) is 19.1 Å². The van der Waals surface area contributed by atoms with Crippen LogP contribution in [0.5, 0.6) is 0 Å². The van der Waals surface area contributed by atoms with Crippen molar-refractivity contribution < 1.29 is 4.39 Å². The van der Waals surface area contributed by atoms with Crippen molar-refractivity contribution in [2.24, 2.45) is 0 Å². The van der Waals surface area contributed by atoms with Gasteiger partial charge >= 0.3 is 0 Å². The predicted molar refractivity (Wildman–Crippen MR) is 109 cm³/mol. The summed E-state index contributed by atoms with van der Waals surface area (Å²) in [5.74, 6) is -0.0715. The van der Waals surface area contributed by atoms with Crippen LogP contribution in [0.2, 0.25) is 10.2 Å². The Hall–Kier alpha value is -2.61. The lowest BCUT2D eigenvalue weighted by atomic mass is 10.2. The van der Waals surface area contributed by atoms with E-state index in [2.05, 4.69) is 9.97 Å². The van der Waals surface area contributed by atoms with Gasteiger partial charge in [-0.3, -0.25) is 4.79 Å². The van der Waals surface area contributed by atoms with Crippen LogP contribution in [0.15, 0.2) is 59.7 Å². The minimum atomic E-state index is -0.504. The Bertz CT molecular complexity index is 1270. The average molecular weight is 433 g/mol. The first-order valence-electron chi connectivity index (χ1n) is 8.12. The predicted octanol–water partition coefficient (Wildman–Crippen LogP) is 4.76. The SMILES string of the molecule is O=c1c2cccn(Cc3ccc(Cl)nc3)c-2nc(=S)n1-c1ccc(F)cc1Cl. The van der Waals surface area contributed by atoms with Gasteiger partial charge in [0.15, 0.2) is 0 Å². The molecule has 0 bridgehead atoms.